The molecule has 2 saturated heterocycles. The maximum absolute atomic E-state index is 13.4. The number of rotatable bonds is 4. The molecule has 4 heterocycles. The Bertz CT molecular complexity index is 1150. The predicted molar refractivity (Wildman–Crippen MR) is 116 cm³/mol. The molecule has 31 heavy (non-hydrogen) atoms. The summed E-state index contributed by atoms with van der Waals surface area (Å²) < 4.78 is 6.90. The highest BCUT2D eigenvalue weighted by atomic mass is 16.5. The summed E-state index contributed by atoms with van der Waals surface area (Å²) in [7, 11) is 0. The maximum atomic E-state index is 13.4. The number of aryl methyl sites for hydroxylation is 1. The van der Waals surface area contributed by atoms with Gasteiger partial charge in [0.1, 0.15) is 17.0 Å². The highest BCUT2D eigenvalue weighted by Gasteiger charge is 2.31. The lowest BCUT2D eigenvalue weighted by molar-refractivity contribution is 0.0669. The number of carbonyl (C=O) groups excluding carboxylic acids is 1. The molecule has 160 valence electrons. The zero-order valence-electron chi connectivity index (χ0n) is 17.5. The number of benzene rings is 1. The van der Waals surface area contributed by atoms with Gasteiger partial charge in [0, 0.05) is 37.8 Å². The zero-order valence-corrected chi connectivity index (χ0v) is 17.5. The second kappa shape index (κ2) is 8.02. The molecule has 1 atom stereocenters. The Labute approximate surface area is 180 Å². The number of nitrogens with zero attached hydrogens (tertiary/aromatic N) is 5. The van der Waals surface area contributed by atoms with Crippen molar-refractivity contribution < 1.29 is 9.32 Å². The van der Waals surface area contributed by atoms with Crippen LogP contribution in [0, 0.1) is 6.92 Å². The van der Waals surface area contributed by atoms with Crippen LogP contribution in [0.5, 0.6) is 0 Å². The van der Waals surface area contributed by atoms with Crippen molar-refractivity contribution >= 4 is 11.6 Å². The van der Waals surface area contributed by atoms with E-state index in [-0.39, 0.29) is 17.5 Å². The summed E-state index contributed by atoms with van der Waals surface area (Å²) in [5.41, 5.74) is 2.65. The summed E-state index contributed by atoms with van der Waals surface area (Å²) in [5, 5.41) is 8.58. The number of aromatic nitrogens is 3. The number of hydrogen-bond donors (Lipinski definition) is 0. The smallest absolute Gasteiger partial charge is 0.269 e. The predicted octanol–water partition coefficient (Wildman–Crippen LogP) is 2.89. The molecule has 0 saturated carbocycles. The molecule has 1 amide bonds. The molecular weight excluding hydrogens is 394 g/mol. The summed E-state index contributed by atoms with van der Waals surface area (Å²) >= 11 is 0. The Balaban J connectivity index is 1.39. The third-order valence-corrected chi connectivity index (χ3v) is 6.19. The van der Waals surface area contributed by atoms with Gasteiger partial charge >= 0.3 is 0 Å². The molecule has 8 heteroatoms. The quantitative estimate of drug-likeness (QED) is 0.647. The standard InChI is InChI=1S/C23H25N5O3/c1-16-21(22(25-31-16)17-7-3-2-4-8-17)23(30)27-10-5-9-18(15-27)28-20(29)13-19(14-24-28)26-11-6-12-26/h2-4,7-8,13-14,18H,5-6,9-12,15H2,1H3/t18-/m0/s1. The summed E-state index contributed by atoms with van der Waals surface area (Å²) in [6.45, 7) is 4.77. The van der Waals surface area contributed by atoms with Crippen molar-refractivity contribution in [2.24, 2.45) is 0 Å². The fourth-order valence-electron chi connectivity index (χ4n) is 4.34. The van der Waals surface area contributed by atoms with E-state index < -0.39 is 0 Å². The van der Waals surface area contributed by atoms with Crippen molar-refractivity contribution in [3.8, 4) is 11.3 Å². The van der Waals surface area contributed by atoms with Gasteiger partial charge < -0.3 is 14.3 Å². The summed E-state index contributed by atoms with van der Waals surface area (Å²) in [6, 6.07) is 11.1. The van der Waals surface area contributed by atoms with Crippen LogP contribution >= 0.6 is 0 Å². The number of carbonyl (C=O) groups is 1. The van der Waals surface area contributed by atoms with Gasteiger partial charge in [-0.3, -0.25) is 9.59 Å². The molecule has 5 rings (SSSR count). The summed E-state index contributed by atoms with van der Waals surface area (Å²) in [6.07, 6.45) is 4.53. The van der Waals surface area contributed by atoms with E-state index in [0.717, 1.165) is 43.6 Å². The lowest BCUT2D eigenvalue weighted by Gasteiger charge is -2.34. The van der Waals surface area contributed by atoms with Gasteiger partial charge in [0.2, 0.25) is 0 Å². The number of piperidine rings is 1. The number of likely N-dealkylation sites (tertiary alicyclic amines) is 1. The van der Waals surface area contributed by atoms with Crippen LogP contribution in [0.15, 0.2) is 51.9 Å². The SMILES string of the molecule is Cc1onc(-c2ccccc2)c1C(=O)N1CCC[C@H](n2ncc(N3CCC3)cc2=O)C1. The van der Waals surface area contributed by atoms with Gasteiger partial charge in [0.05, 0.1) is 17.9 Å². The Hall–Kier alpha value is -3.42. The summed E-state index contributed by atoms with van der Waals surface area (Å²) in [5.74, 6) is 0.382. The molecule has 0 radical (unpaired) electrons. The van der Waals surface area contributed by atoms with Crippen LogP contribution in [0.2, 0.25) is 0 Å². The highest BCUT2D eigenvalue weighted by Crippen LogP contribution is 2.29. The van der Waals surface area contributed by atoms with E-state index in [4.69, 9.17) is 4.52 Å². The van der Waals surface area contributed by atoms with Crippen molar-refractivity contribution in [2.45, 2.75) is 32.2 Å². The van der Waals surface area contributed by atoms with Crippen LogP contribution < -0.4 is 10.5 Å². The Kier molecular flexibility index (Phi) is 5.05. The normalized spacial score (nSPS) is 18.7. The van der Waals surface area contributed by atoms with Gasteiger partial charge in [-0.2, -0.15) is 5.10 Å². The molecule has 0 N–H and O–H groups in total. The molecule has 2 fully saturated rings. The average Bonchev–Trinajstić information content (AvgIpc) is 3.14. The first-order chi connectivity index (χ1) is 15.1. The number of anilines is 1. The highest BCUT2D eigenvalue weighted by molar-refractivity contribution is 6.00. The van der Waals surface area contributed by atoms with Crippen LogP contribution in [-0.4, -0.2) is 51.9 Å². The first-order valence-electron chi connectivity index (χ1n) is 10.8. The van der Waals surface area contributed by atoms with Crippen molar-refractivity contribution in [3.63, 3.8) is 0 Å². The molecule has 2 aromatic heterocycles. The largest absolute Gasteiger partial charge is 0.370 e. The van der Waals surface area contributed by atoms with E-state index in [1.807, 2.05) is 30.3 Å². The summed E-state index contributed by atoms with van der Waals surface area (Å²) in [4.78, 5) is 30.1. The van der Waals surface area contributed by atoms with E-state index in [1.54, 1.807) is 24.1 Å². The second-order valence-corrected chi connectivity index (χ2v) is 8.21. The molecular formula is C23H25N5O3. The topological polar surface area (TPSA) is 84.5 Å². The molecule has 0 bridgehead atoms. The lowest BCUT2D eigenvalue weighted by Crippen LogP contribution is -2.44. The van der Waals surface area contributed by atoms with Crippen LogP contribution in [0.25, 0.3) is 11.3 Å². The van der Waals surface area contributed by atoms with Gasteiger partial charge in [-0.05, 0) is 26.2 Å². The fraction of sp³-hybridized carbons (Fsp3) is 0.391. The van der Waals surface area contributed by atoms with Crippen molar-refractivity contribution in [1.29, 1.82) is 0 Å². The zero-order chi connectivity index (χ0) is 21.4. The minimum absolute atomic E-state index is 0.116. The third-order valence-electron chi connectivity index (χ3n) is 6.19. The maximum Gasteiger partial charge on any atom is 0.269 e. The van der Waals surface area contributed by atoms with Crippen LogP contribution in [0.3, 0.4) is 0 Å². The molecule has 2 aliphatic rings. The van der Waals surface area contributed by atoms with E-state index in [9.17, 15) is 9.59 Å². The van der Waals surface area contributed by atoms with E-state index in [0.29, 0.717) is 30.1 Å². The van der Waals surface area contributed by atoms with Crippen molar-refractivity contribution in [3.05, 3.63) is 64.3 Å². The minimum atomic E-state index is -0.143. The van der Waals surface area contributed by atoms with Crippen LogP contribution in [0.4, 0.5) is 5.69 Å². The Morgan fingerprint density at radius 2 is 1.94 bits per heavy atom. The Morgan fingerprint density at radius 1 is 1.13 bits per heavy atom. The lowest BCUT2D eigenvalue weighted by atomic mass is 10.0. The van der Waals surface area contributed by atoms with Crippen LogP contribution in [-0.2, 0) is 0 Å². The average molecular weight is 419 g/mol. The third kappa shape index (κ3) is 3.62. The van der Waals surface area contributed by atoms with Gasteiger partial charge in [0.15, 0.2) is 0 Å². The van der Waals surface area contributed by atoms with E-state index in [1.165, 1.54) is 4.68 Å². The molecule has 2 aliphatic heterocycles. The van der Waals surface area contributed by atoms with Gasteiger partial charge in [-0.1, -0.05) is 35.5 Å². The van der Waals surface area contributed by atoms with Crippen molar-refractivity contribution in [1.82, 2.24) is 19.8 Å². The van der Waals surface area contributed by atoms with E-state index >= 15 is 0 Å². The molecule has 0 unspecified atom stereocenters. The van der Waals surface area contributed by atoms with Crippen LogP contribution in [0.1, 0.15) is 41.4 Å². The molecule has 8 nitrogen and oxygen atoms in total. The number of hydrogen-bond acceptors (Lipinski definition) is 6. The van der Waals surface area contributed by atoms with Gasteiger partial charge in [-0.25, -0.2) is 4.68 Å². The molecule has 0 aliphatic carbocycles. The van der Waals surface area contributed by atoms with Crippen molar-refractivity contribution in [2.75, 3.05) is 31.1 Å². The van der Waals surface area contributed by atoms with E-state index in [2.05, 4.69) is 15.2 Å². The first kappa shape index (κ1) is 19.5. The fourth-order valence-corrected chi connectivity index (χ4v) is 4.34. The second-order valence-electron chi connectivity index (χ2n) is 8.21. The minimum Gasteiger partial charge on any atom is -0.370 e. The Morgan fingerprint density at radius 3 is 2.65 bits per heavy atom. The first-order valence-corrected chi connectivity index (χ1v) is 10.8. The monoisotopic (exact) mass is 419 g/mol. The van der Waals surface area contributed by atoms with Gasteiger partial charge in [-0.15, -0.1) is 0 Å². The molecule has 1 aromatic carbocycles. The molecule has 3 aromatic rings. The van der Waals surface area contributed by atoms with Gasteiger partial charge in [0.25, 0.3) is 11.5 Å². The molecule has 0 spiro atoms. The number of amides is 1.